The fourth-order valence-corrected chi connectivity index (χ4v) is 0. The molecule has 0 fully saturated rings. The predicted molar refractivity (Wildman–Crippen MR) is 15.1 cm³/mol. The van der Waals surface area contributed by atoms with E-state index in [9.17, 15) is 10.5 Å². The van der Waals surface area contributed by atoms with Crippen LogP contribution in [0, 0.1) is 0 Å². The maximum atomic E-state index is 10.0. The molecule has 0 aliphatic rings. The van der Waals surface area contributed by atoms with Crippen molar-refractivity contribution in [1.82, 2.24) is 0 Å². The minimum Gasteiger partial charge on any atom is 0 e. The molecule has 0 saturated heterocycles. The molecule has 8 heavy (non-hydrogen) atoms. The second kappa shape index (κ2) is 4.03. The molecular weight excluding hydrogens is 299 g/mol. The van der Waals surface area contributed by atoms with Gasteiger partial charge >= 0.3 is 34.5 Å². The Bertz CT molecular complexity index is 93.7. The predicted octanol–water partition coefficient (Wildman–Crippen LogP) is 0.373. The second-order valence-corrected chi connectivity index (χ2v) is 4.36. The van der Waals surface area contributed by atoms with E-state index in [0.717, 1.165) is 0 Å². The summed E-state index contributed by atoms with van der Waals surface area (Å²) < 4.78 is 48.3. The summed E-state index contributed by atoms with van der Waals surface area (Å²) in [5.74, 6) is 0. The molecule has 1 radical (unpaired) electrons. The van der Waals surface area contributed by atoms with Gasteiger partial charge in [0, 0.05) is 32.7 Å². The zero-order chi connectivity index (χ0) is 5.45. The summed E-state index contributed by atoms with van der Waals surface area (Å²) in [4.78, 5) is 0. The van der Waals surface area contributed by atoms with E-state index in [1.807, 2.05) is 0 Å². The number of rotatable bonds is 0. The Balaban J connectivity index is -0.000000125. The molecule has 47 valence electrons. The van der Waals surface area contributed by atoms with Crippen LogP contribution in [0.3, 0.4) is 0 Å². The van der Waals surface area contributed by atoms with Crippen molar-refractivity contribution in [2.24, 2.45) is 0 Å². The zero-order valence-corrected chi connectivity index (χ0v) is 8.29. The first-order chi connectivity index (χ1) is 2.24. The minimum absolute atomic E-state index is 0. The molecule has 0 atom stereocenters. The van der Waals surface area contributed by atoms with Gasteiger partial charge in [-0.1, -0.05) is 0 Å². The van der Waals surface area contributed by atoms with Gasteiger partial charge in [-0.3, -0.25) is 0 Å². The van der Waals surface area contributed by atoms with E-state index in [1.165, 1.54) is 0 Å². The second-order valence-electron chi connectivity index (χ2n) is 0.737. The van der Waals surface area contributed by atoms with Crippen LogP contribution in [0.4, 0.5) is 10.5 Å². The van der Waals surface area contributed by atoms with Gasteiger partial charge in [-0.05, 0) is 0 Å². The molecule has 0 bridgehead atoms. The van der Waals surface area contributed by atoms with E-state index in [0.29, 0.717) is 0 Å². The van der Waals surface area contributed by atoms with E-state index >= 15 is 0 Å². The van der Waals surface area contributed by atoms with Crippen LogP contribution in [0.2, 0.25) is 0 Å². The normalized spacial score (nSPS) is 11.1. The summed E-state index contributed by atoms with van der Waals surface area (Å²) in [6.45, 7) is 0. The van der Waals surface area contributed by atoms with E-state index < -0.39 is 21.2 Å². The average Bonchev–Trinajstić information content (AvgIpc) is 0.650. The average molecular weight is 302 g/mol. The molecule has 0 saturated carbocycles. The Labute approximate surface area is 83.3 Å². The van der Waals surface area contributed by atoms with Gasteiger partial charge in [0.1, 0.15) is 0 Å². The molecule has 0 unspecified atom stereocenters. The molecule has 0 spiro atoms. The summed E-state index contributed by atoms with van der Waals surface area (Å²) in [5.41, 5.74) is 0. The van der Waals surface area contributed by atoms with Gasteiger partial charge in [-0.25, -0.2) is 0 Å². The Morgan fingerprint density at radius 2 is 1.00 bits per heavy atom. The van der Waals surface area contributed by atoms with Crippen molar-refractivity contribution in [1.29, 1.82) is 0 Å². The first-order valence-electron chi connectivity index (χ1n) is 0.960. The zero-order valence-electron chi connectivity index (χ0n) is 3.00. The third kappa shape index (κ3) is 95.8. The van der Waals surface area contributed by atoms with Gasteiger partial charge in [0.15, 0.2) is 17.4 Å². The van der Waals surface area contributed by atoms with Gasteiger partial charge in [0.25, 0.3) is 0 Å². The molecule has 0 aromatic rings. The summed E-state index contributed by atoms with van der Waals surface area (Å²) in [7, 11) is 0. The van der Waals surface area contributed by atoms with Crippen molar-refractivity contribution < 1.29 is 67.3 Å². The molecule has 0 N–H and O–H groups in total. The van der Waals surface area contributed by atoms with Crippen molar-refractivity contribution in [2.75, 3.05) is 0 Å². The number of hydrogen-bond acceptors (Lipinski definition) is 1. The smallest absolute Gasteiger partial charge is 0 e. The van der Waals surface area contributed by atoms with Gasteiger partial charge in [0.2, 0.25) is 0 Å². The molecule has 0 aliphatic carbocycles. The molecule has 0 heterocycles. The molecule has 0 rings (SSSR count). The van der Waals surface area contributed by atoms with Crippen molar-refractivity contribution >= 4 is 17.4 Å². The van der Waals surface area contributed by atoms with Gasteiger partial charge in [-0.2, -0.15) is 0 Å². The Hall–Kier alpha value is 2.04. The molecule has 0 aliphatic heterocycles. The number of hydrogen-bond donors (Lipinski definition) is 0. The first-order valence-corrected chi connectivity index (χ1v) is 5.68. The van der Waals surface area contributed by atoms with Gasteiger partial charge < -0.3 is 0 Å². The van der Waals surface area contributed by atoms with E-state index in [1.54, 1.807) is 0 Å². The summed E-state index contributed by atoms with van der Waals surface area (Å²) in [5, 5.41) is 0. The van der Waals surface area contributed by atoms with Gasteiger partial charge in [0.05, 0.1) is 0 Å². The van der Waals surface area contributed by atoms with E-state index in [4.69, 9.17) is 2.81 Å². The van der Waals surface area contributed by atoms with Crippen LogP contribution in [0.15, 0.2) is 0 Å². The monoisotopic (exact) mass is 301 g/mol. The van der Waals surface area contributed by atoms with Crippen molar-refractivity contribution in [2.45, 2.75) is 0 Å². The van der Waals surface area contributed by atoms with Crippen LogP contribution in [0.25, 0.3) is 0 Å². The molecular formula is H3AlF4OYZr. The topological polar surface area (TPSA) is 17.1 Å². The Kier molecular flexibility index (Phi) is 8.34. The largest absolute Gasteiger partial charge is 0 e. The third-order valence-electron chi connectivity index (χ3n) is 0. The minimum atomic E-state index is -9.01. The van der Waals surface area contributed by atoms with Crippen LogP contribution in [-0.2, 0) is 56.7 Å². The van der Waals surface area contributed by atoms with Crippen LogP contribution in [0.5, 0.6) is 0 Å². The van der Waals surface area contributed by atoms with Crippen LogP contribution in [-0.4, -0.2) is 17.4 Å². The molecule has 0 aromatic heterocycles. The van der Waals surface area contributed by atoms with Crippen LogP contribution < -0.4 is 0 Å². The van der Waals surface area contributed by atoms with Crippen LogP contribution in [0.1, 0.15) is 0 Å². The third-order valence-corrected chi connectivity index (χ3v) is 0. The van der Waals surface area contributed by atoms with Crippen molar-refractivity contribution in [3.05, 3.63) is 0 Å². The van der Waals surface area contributed by atoms with Crippen molar-refractivity contribution in [3.8, 4) is 0 Å². The SMILES string of the molecule is [AlH3].[O]=[Zr]([F])([F])([F])[F].[Y]. The fourth-order valence-electron chi connectivity index (χ4n) is 0. The number of halogens is 4. The Morgan fingerprint density at radius 3 is 1.00 bits per heavy atom. The molecule has 1 nitrogen and oxygen atoms in total. The summed E-state index contributed by atoms with van der Waals surface area (Å²) in [6, 6.07) is 0. The summed E-state index contributed by atoms with van der Waals surface area (Å²) >= 11 is -9.01. The molecule has 0 amide bonds. The van der Waals surface area contributed by atoms with Gasteiger partial charge in [-0.15, -0.1) is 0 Å². The maximum absolute atomic E-state index is 10.0. The van der Waals surface area contributed by atoms with E-state index in [-0.39, 0.29) is 50.1 Å². The fraction of sp³-hybridized carbons (Fsp3) is 0. The van der Waals surface area contributed by atoms with E-state index in [2.05, 4.69) is 0 Å². The van der Waals surface area contributed by atoms with Crippen molar-refractivity contribution in [3.63, 3.8) is 0 Å². The standard InChI is InChI=1S/Al.4FH.O.Y.Zr.3H/h;4*1H;;;;;;/q;;;;;;;+4;;;/p-4. The summed E-state index contributed by atoms with van der Waals surface area (Å²) in [6.07, 6.45) is 0. The molecule has 0 aromatic carbocycles. The first kappa shape index (κ1) is 16.6. The van der Waals surface area contributed by atoms with Crippen LogP contribution >= 0.6 is 0 Å². The maximum Gasteiger partial charge on any atom is 0 e. The molecule has 8 heteroatoms. The quantitative estimate of drug-likeness (QED) is 0.467. The Morgan fingerprint density at radius 1 is 1.00 bits per heavy atom.